The summed E-state index contributed by atoms with van der Waals surface area (Å²) in [6, 6.07) is 22.5. The molecule has 0 saturated heterocycles. The van der Waals surface area contributed by atoms with Crippen LogP contribution in [-0.2, 0) is 4.57 Å². The van der Waals surface area contributed by atoms with Crippen molar-refractivity contribution >= 4 is 12.9 Å². The van der Waals surface area contributed by atoms with E-state index in [2.05, 4.69) is 0 Å². The van der Waals surface area contributed by atoms with E-state index in [1.165, 1.54) is 0 Å². The van der Waals surface area contributed by atoms with E-state index in [4.69, 9.17) is 4.52 Å². The van der Waals surface area contributed by atoms with Crippen LogP contribution in [0.2, 0.25) is 0 Å². The number of fused-ring (bicyclic) bond motifs is 3. The van der Waals surface area contributed by atoms with Gasteiger partial charge in [0.15, 0.2) is 0 Å². The Kier molecular flexibility index (Phi) is 2.93. The zero-order valence-electron chi connectivity index (χ0n) is 11.6. The third-order valence-corrected chi connectivity index (χ3v) is 5.29. The standard InChI is InChI=1S/C18H13O3P/c19-22(20)18-14(13-7-2-1-3-8-13)10-6-11-16(18)15-9-4-5-12-17(15)21-22/h1-12H,(H,19,20). The van der Waals surface area contributed by atoms with Crippen molar-refractivity contribution in [2.45, 2.75) is 0 Å². The Morgan fingerprint density at radius 2 is 1.36 bits per heavy atom. The van der Waals surface area contributed by atoms with Crippen molar-refractivity contribution < 1.29 is 14.0 Å². The first kappa shape index (κ1) is 13.3. The Morgan fingerprint density at radius 1 is 0.727 bits per heavy atom. The van der Waals surface area contributed by atoms with E-state index in [0.29, 0.717) is 11.1 Å². The van der Waals surface area contributed by atoms with Crippen LogP contribution in [0.1, 0.15) is 0 Å². The van der Waals surface area contributed by atoms with Gasteiger partial charge in [0.2, 0.25) is 0 Å². The van der Waals surface area contributed by atoms with Gasteiger partial charge in [-0.3, -0.25) is 0 Å². The van der Waals surface area contributed by atoms with Gasteiger partial charge in [0.1, 0.15) is 5.75 Å². The molecule has 108 valence electrons. The van der Waals surface area contributed by atoms with E-state index in [9.17, 15) is 9.46 Å². The summed E-state index contributed by atoms with van der Waals surface area (Å²) >= 11 is 0. The summed E-state index contributed by atoms with van der Waals surface area (Å²) in [6.45, 7) is 0. The lowest BCUT2D eigenvalue weighted by Crippen LogP contribution is -2.19. The van der Waals surface area contributed by atoms with Gasteiger partial charge in [-0.05, 0) is 17.2 Å². The Bertz CT molecular complexity index is 889. The minimum Gasteiger partial charge on any atom is -0.421 e. The van der Waals surface area contributed by atoms with Gasteiger partial charge >= 0.3 is 7.60 Å². The highest BCUT2D eigenvalue weighted by Crippen LogP contribution is 2.53. The van der Waals surface area contributed by atoms with Crippen LogP contribution in [0, 0.1) is 0 Å². The van der Waals surface area contributed by atoms with Crippen LogP contribution in [0.5, 0.6) is 5.75 Å². The van der Waals surface area contributed by atoms with Gasteiger partial charge in [-0.1, -0.05) is 66.7 Å². The largest absolute Gasteiger partial charge is 0.421 e. The molecular weight excluding hydrogens is 295 g/mol. The average molecular weight is 308 g/mol. The second kappa shape index (κ2) is 4.84. The topological polar surface area (TPSA) is 46.5 Å². The predicted molar refractivity (Wildman–Crippen MR) is 87.4 cm³/mol. The molecule has 0 fully saturated rings. The van der Waals surface area contributed by atoms with Crippen LogP contribution >= 0.6 is 7.60 Å². The highest BCUT2D eigenvalue weighted by molar-refractivity contribution is 7.62. The Hall–Kier alpha value is -2.35. The SMILES string of the molecule is O=P1(O)Oc2ccccc2-c2cccc(-c3ccccc3)c21. The van der Waals surface area contributed by atoms with E-state index >= 15 is 0 Å². The van der Waals surface area contributed by atoms with E-state index in [0.717, 1.165) is 22.3 Å². The van der Waals surface area contributed by atoms with Crippen LogP contribution in [-0.4, -0.2) is 4.89 Å². The van der Waals surface area contributed by atoms with E-state index in [1.807, 2.05) is 60.7 Å². The fraction of sp³-hybridized carbons (Fsp3) is 0. The fourth-order valence-electron chi connectivity index (χ4n) is 2.86. The second-order valence-electron chi connectivity index (χ2n) is 5.18. The molecule has 1 unspecified atom stereocenters. The van der Waals surface area contributed by atoms with Gasteiger partial charge in [-0.2, -0.15) is 0 Å². The van der Waals surface area contributed by atoms with Crippen LogP contribution in [0.3, 0.4) is 0 Å². The first-order valence-corrected chi connectivity index (χ1v) is 8.55. The van der Waals surface area contributed by atoms with Gasteiger partial charge in [0, 0.05) is 11.1 Å². The van der Waals surface area contributed by atoms with Crippen molar-refractivity contribution in [3.05, 3.63) is 72.8 Å². The maximum absolute atomic E-state index is 12.7. The molecule has 1 aliphatic rings. The minimum absolute atomic E-state index is 0.375. The Balaban J connectivity index is 2.07. The lowest BCUT2D eigenvalue weighted by Gasteiger charge is -2.26. The molecule has 3 nitrogen and oxygen atoms in total. The summed E-state index contributed by atoms with van der Waals surface area (Å²) in [5.74, 6) is 0.450. The smallest absolute Gasteiger partial charge is 0.409 e. The summed E-state index contributed by atoms with van der Waals surface area (Å²) in [5, 5.41) is 0.375. The molecule has 1 aliphatic heterocycles. The molecule has 0 amide bonds. The second-order valence-corrected chi connectivity index (χ2v) is 6.85. The molecule has 0 spiro atoms. The van der Waals surface area contributed by atoms with Gasteiger partial charge in [0.05, 0.1) is 5.30 Å². The molecule has 3 aromatic rings. The van der Waals surface area contributed by atoms with Gasteiger partial charge in [0.25, 0.3) is 0 Å². The maximum atomic E-state index is 12.7. The summed E-state index contributed by atoms with van der Waals surface area (Å²) in [4.78, 5) is 10.4. The number of hydrogen-bond donors (Lipinski definition) is 1. The lowest BCUT2D eigenvalue weighted by molar-refractivity contribution is 0.392. The third-order valence-electron chi connectivity index (χ3n) is 3.80. The number of rotatable bonds is 1. The first-order valence-electron chi connectivity index (χ1n) is 6.97. The van der Waals surface area contributed by atoms with Crippen molar-refractivity contribution in [2.24, 2.45) is 0 Å². The maximum Gasteiger partial charge on any atom is 0.409 e. The van der Waals surface area contributed by atoms with Crippen molar-refractivity contribution in [3.63, 3.8) is 0 Å². The number of benzene rings is 3. The molecule has 22 heavy (non-hydrogen) atoms. The van der Waals surface area contributed by atoms with E-state index < -0.39 is 7.60 Å². The zero-order chi connectivity index (χ0) is 15.2. The summed E-state index contributed by atoms with van der Waals surface area (Å²) in [7, 11) is -3.91. The third kappa shape index (κ3) is 1.98. The van der Waals surface area contributed by atoms with Crippen LogP contribution in [0.15, 0.2) is 72.8 Å². The average Bonchev–Trinajstić information content (AvgIpc) is 2.55. The van der Waals surface area contributed by atoms with Crippen molar-refractivity contribution in [1.82, 2.24) is 0 Å². The molecule has 0 aromatic heterocycles. The highest BCUT2D eigenvalue weighted by Gasteiger charge is 2.36. The monoisotopic (exact) mass is 308 g/mol. The molecule has 0 radical (unpaired) electrons. The molecule has 1 atom stereocenters. The Labute approximate surface area is 128 Å². The lowest BCUT2D eigenvalue weighted by atomic mass is 9.98. The van der Waals surface area contributed by atoms with Crippen LogP contribution in [0.4, 0.5) is 0 Å². The van der Waals surface area contributed by atoms with Gasteiger partial charge in [-0.15, -0.1) is 0 Å². The van der Waals surface area contributed by atoms with E-state index in [-0.39, 0.29) is 0 Å². The number of para-hydroxylation sites is 1. The molecule has 0 bridgehead atoms. The molecular formula is C18H13O3P. The first-order chi connectivity index (χ1) is 10.7. The molecule has 0 saturated carbocycles. The predicted octanol–water partition coefficient (Wildman–Crippen LogP) is 4.22. The van der Waals surface area contributed by atoms with Crippen LogP contribution < -0.4 is 9.83 Å². The van der Waals surface area contributed by atoms with E-state index in [1.54, 1.807) is 12.1 Å². The molecule has 4 heteroatoms. The highest BCUT2D eigenvalue weighted by atomic mass is 31.2. The minimum atomic E-state index is -3.91. The summed E-state index contributed by atoms with van der Waals surface area (Å²) in [6.07, 6.45) is 0. The normalized spacial score (nSPS) is 19.0. The quantitative estimate of drug-likeness (QED) is 0.685. The summed E-state index contributed by atoms with van der Waals surface area (Å²) < 4.78 is 18.2. The molecule has 1 heterocycles. The molecule has 0 aliphatic carbocycles. The molecule has 1 N–H and O–H groups in total. The van der Waals surface area contributed by atoms with Crippen LogP contribution in [0.25, 0.3) is 22.3 Å². The van der Waals surface area contributed by atoms with Crippen molar-refractivity contribution in [1.29, 1.82) is 0 Å². The van der Waals surface area contributed by atoms with Gasteiger partial charge < -0.3 is 9.42 Å². The molecule has 3 aromatic carbocycles. The zero-order valence-corrected chi connectivity index (χ0v) is 12.5. The summed E-state index contributed by atoms with van der Waals surface area (Å²) in [5.41, 5.74) is 3.24. The van der Waals surface area contributed by atoms with Crippen molar-refractivity contribution in [2.75, 3.05) is 0 Å². The Morgan fingerprint density at radius 3 is 2.18 bits per heavy atom. The van der Waals surface area contributed by atoms with Gasteiger partial charge in [-0.25, -0.2) is 4.57 Å². The van der Waals surface area contributed by atoms with Crippen molar-refractivity contribution in [3.8, 4) is 28.0 Å². The fourth-order valence-corrected chi connectivity index (χ4v) is 4.39. The molecule has 4 rings (SSSR count). The number of hydrogen-bond acceptors (Lipinski definition) is 2.